The van der Waals surface area contributed by atoms with Crippen molar-refractivity contribution in [3.8, 4) is 0 Å². The lowest BCUT2D eigenvalue weighted by Crippen LogP contribution is -2.63. The average Bonchev–Trinajstić information content (AvgIpc) is 2.55. The van der Waals surface area contributed by atoms with Crippen LogP contribution in [0.15, 0.2) is 24.3 Å². The number of rotatable bonds is 4. The number of benzene rings is 1. The normalized spacial score (nSPS) is 34.9. The smallest absolute Gasteiger partial charge is 0.387 e. The van der Waals surface area contributed by atoms with E-state index in [1.807, 2.05) is 0 Å². The Labute approximate surface area is 130 Å². The van der Waals surface area contributed by atoms with Crippen LogP contribution in [0.4, 0.5) is 5.69 Å². The molecule has 10 nitrogen and oxygen atoms in total. The van der Waals surface area contributed by atoms with Crippen LogP contribution in [0, 0.1) is 10.1 Å². The van der Waals surface area contributed by atoms with Crippen molar-refractivity contribution in [1.29, 1.82) is 0 Å². The van der Waals surface area contributed by atoms with Gasteiger partial charge in [0.25, 0.3) is 5.69 Å². The van der Waals surface area contributed by atoms with E-state index in [2.05, 4.69) is 0 Å². The van der Waals surface area contributed by atoms with Crippen LogP contribution < -0.4 is 5.30 Å². The Morgan fingerprint density at radius 1 is 0.913 bits per heavy atom. The molecule has 0 radical (unpaired) electrons. The van der Waals surface area contributed by atoms with E-state index in [0.29, 0.717) is 0 Å². The summed E-state index contributed by atoms with van der Waals surface area (Å²) in [7, 11) is -2.63. The molecule has 1 aromatic rings. The first-order valence-electron chi connectivity index (χ1n) is 6.53. The van der Waals surface area contributed by atoms with E-state index in [4.69, 9.17) is 4.52 Å². The molecule has 0 spiro atoms. The molecule has 0 amide bonds. The van der Waals surface area contributed by atoms with Gasteiger partial charge in [-0.1, -0.05) is 0 Å². The number of hydrogen-bond acceptors (Lipinski definition) is 9. The third-order valence-electron chi connectivity index (χ3n) is 3.56. The van der Waals surface area contributed by atoms with Crippen molar-refractivity contribution in [2.24, 2.45) is 0 Å². The SMILES string of the molecule is O=[N+]([O-])c1ccc([P+](=O)OC2C(O)C(O)C(O)C(O)C2O)cc1. The van der Waals surface area contributed by atoms with Crippen LogP contribution in [0.5, 0.6) is 0 Å². The molecule has 126 valence electrons. The first kappa shape index (κ1) is 17.8. The third-order valence-corrected chi connectivity index (χ3v) is 4.72. The highest BCUT2D eigenvalue weighted by molar-refractivity contribution is 7.48. The van der Waals surface area contributed by atoms with Gasteiger partial charge in [-0.3, -0.25) is 10.1 Å². The summed E-state index contributed by atoms with van der Waals surface area (Å²) in [6.45, 7) is 0. The van der Waals surface area contributed by atoms with E-state index in [1.165, 1.54) is 12.1 Å². The van der Waals surface area contributed by atoms with Crippen molar-refractivity contribution in [2.45, 2.75) is 36.6 Å². The molecule has 5 unspecified atom stereocenters. The van der Waals surface area contributed by atoms with Crippen molar-refractivity contribution in [2.75, 3.05) is 0 Å². The maximum absolute atomic E-state index is 12.1. The lowest BCUT2D eigenvalue weighted by Gasteiger charge is -2.39. The molecule has 1 fully saturated rings. The van der Waals surface area contributed by atoms with E-state index < -0.39 is 49.6 Å². The first-order chi connectivity index (χ1) is 10.7. The minimum absolute atomic E-state index is 0.0556. The van der Waals surface area contributed by atoms with Crippen molar-refractivity contribution in [3.05, 3.63) is 34.4 Å². The Morgan fingerprint density at radius 3 is 1.78 bits per heavy atom. The van der Waals surface area contributed by atoms with Gasteiger partial charge in [0.05, 0.1) is 4.92 Å². The van der Waals surface area contributed by atoms with E-state index >= 15 is 0 Å². The molecule has 1 aliphatic rings. The number of aliphatic hydroxyl groups is 5. The Morgan fingerprint density at radius 2 is 1.35 bits per heavy atom. The summed E-state index contributed by atoms with van der Waals surface area (Å²) in [6.07, 6.45) is -10.5. The van der Waals surface area contributed by atoms with Gasteiger partial charge in [-0.05, 0) is 4.57 Å². The zero-order valence-corrected chi connectivity index (χ0v) is 12.4. The molecule has 23 heavy (non-hydrogen) atoms. The molecule has 0 heterocycles. The highest BCUT2D eigenvalue weighted by Crippen LogP contribution is 2.32. The molecule has 1 saturated carbocycles. The number of nitro groups is 1. The lowest BCUT2D eigenvalue weighted by atomic mass is 9.85. The highest BCUT2D eigenvalue weighted by Gasteiger charge is 2.52. The summed E-state index contributed by atoms with van der Waals surface area (Å²) in [5, 5.41) is 58.7. The van der Waals surface area contributed by atoms with Crippen LogP contribution >= 0.6 is 8.03 Å². The Kier molecular flexibility index (Phi) is 5.37. The van der Waals surface area contributed by atoms with Crippen LogP contribution in [0.1, 0.15) is 0 Å². The molecule has 0 saturated heterocycles. The fourth-order valence-electron chi connectivity index (χ4n) is 2.19. The Bertz CT molecular complexity index is 579. The quantitative estimate of drug-likeness (QED) is 0.238. The van der Waals surface area contributed by atoms with Crippen LogP contribution in [0.3, 0.4) is 0 Å². The largest absolute Gasteiger partial charge is 0.549 e. The van der Waals surface area contributed by atoms with E-state index in [-0.39, 0.29) is 11.0 Å². The minimum atomic E-state index is -2.63. The maximum atomic E-state index is 12.1. The highest BCUT2D eigenvalue weighted by atomic mass is 31.1. The molecule has 1 aliphatic carbocycles. The second-order valence-corrected chi connectivity index (χ2v) is 6.30. The summed E-state index contributed by atoms with van der Waals surface area (Å²) in [5.41, 5.74) is -0.219. The van der Waals surface area contributed by atoms with E-state index in [1.54, 1.807) is 0 Å². The van der Waals surface area contributed by atoms with Crippen molar-refractivity contribution >= 4 is 19.0 Å². The standard InChI is InChI=1S/C12H15NO9P/c14-7-8(15)10(17)12(11(18)9(7)16)22-23(21)6-3-1-5(2-4-6)13(19)20/h1-4,7-12,14-18H/q+1. The number of hydrogen-bond donors (Lipinski definition) is 5. The van der Waals surface area contributed by atoms with Gasteiger partial charge >= 0.3 is 8.03 Å². The fraction of sp³-hybridized carbons (Fsp3) is 0.500. The van der Waals surface area contributed by atoms with E-state index in [9.17, 15) is 40.2 Å². The van der Waals surface area contributed by atoms with Gasteiger partial charge in [0.1, 0.15) is 30.5 Å². The van der Waals surface area contributed by atoms with E-state index in [0.717, 1.165) is 12.1 Å². The summed E-state index contributed by atoms with van der Waals surface area (Å²) in [5.74, 6) is 0. The minimum Gasteiger partial charge on any atom is -0.387 e. The molecule has 0 bridgehead atoms. The molecular formula is C12H15NO9P+. The number of aliphatic hydroxyl groups excluding tert-OH is 5. The predicted octanol–water partition coefficient (Wildman–Crippen LogP) is -1.83. The predicted molar refractivity (Wildman–Crippen MR) is 75.2 cm³/mol. The topological polar surface area (TPSA) is 171 Å². The molecule has 11 heteroatoms. The molecule has 5 N–H and O–H groups in total. The van der Waals surface area contributed by atoms with Crippen LogP contribution in [0.25, 0.3) is 0 Å². The van der Waals surface area contributed by atoms with Crippen molar-refractivity contribution in [1.82, 2.24) is 0 Å². The number of nitrogens with zero attached hydrogens (tertiary/aromatic N) is 1. The lowest BCUT2D eigenvalue weighted by molar-refractivity contribution is -0.384. The van der Waals surface area contributed by atoms with Gasteiger partial charge in [-0.2, -0.15) is 0 Å². The molecule has 0 aromatic heterocycles. The van der Waals surface area contributed by atoms with Gasteiger partial charge in [0.15, 0.2) is 6.10 Å². The molecule has 2 rings (SSSR count). The zero-order chi connectivity index (χ0) is 17.3. The van der Waals surface area contributed by atoms with Gasteiger partial charge in [-0.15, -0.1) is 4.52 Å². The van der Waals surface area contributed by atoms with Gasteiger partial charge in [0, 0.05) is 24.3 Å². The first-order valence-corrected chi connectivity index (χ1v) is 7.70. The summed E-state index contributed by atoms with van der Waals surface area (Å²) in [6, 6.07) is 4.57. The van der Waals surface area contributed by atoms with Crippen LogP contribution in [-0.2, 0) is 9.09 Å². The third kappa shape index (κ3) is 3.54. The fourth-order valence-corrected chi connectivity index (χ4v) is 3.17. The molecule has 0 aliphatic heterocycles. The maximum Gasteiger partial charge on any atom is 0.549 e. The molecule has 5 atom stereocenters. The van der Waals surface area contributed by atoms with Crippen LogP contribution in [0.2, 0.25) is 0 Å². The average molecular weight is 348 g/mol. The monoisotopic (exact) mass is 348 g/mol. The van der Waals surface area contributed by atoms with Gasteiger partial charge < -0.3 is 25.5 Å². The summed E-state index contributed by atoms with van der Waals surface area (Å²) in [4.78, 5) is 9.91. The summed E-state index contributed by atoms with van der Waals surface area (Å²) >= 11 is 0. The van der Waals surface area contributed by atoms with Crippen molar-refractivity contribution < 1.29 is 39.5 Å². The van der Waals surface area contributed by atoms with Gasteiger partial charge in [0.2, 0.25) is 5.30 Å². The number of non-ortho nitro benzene ring substituents is 1. The zero-order valence-electron chi connectivity index (χ0n) is 11.5. The Hall–Kier alpha value is -1.52. The Balaban J connectivity index is 2.13. The van der Waals surface area contributed by atoms with Gasteiger partial charge in [-0.25, -0.2) is 0 Å². The molecule has 1 aromatic carbocycles. The van der Waals surface area contributed by atoms with Crippen LogP contribution in [-0.4, -0.2) is 67.1 Å². The second-order valence-electron chi connectivity index (χ2n) is 5.05. The second kappa shape index (κ2) is 6.93. The van der Waals surface area contributed by atoms with Crippen molar-refractivity contribution in [3.63, 3.8) is 0 Å². The summed E-state index contributed by atoms with van der Waals surface area (Å²) < 4.78 is 17.1. The molecular weight excluding hydrogens is 333 g/mol. The number of nitro benzene ring substituents is 1.